The summed E-state index contributed by atoms with van der Waals surface area (Å²) in [5.41, 5.74) is 0. The summed E-state index contributed by atoms with van der Waals surface area (Å²) >= 11 is 5.58. The molecule has 88 valence electrons. The maximum atomic E-state index is 11.8. The largest absolute Gasteiger partial charge is 0.333 e. The van der Waals surface area contributed by atoms with Crippen molar-refractivity contribution in [3.8, 4) is 0 Å². The molecule has 0 radical (unpaired) electrons. The minimum Gasteiger partial charge on any atom is -0.333 e. The fraction of sp³-hybridized carbons (Fsp3) is 0.700. The van der Waals surface area contributed by atoms with Crippen LogP contribution >= 0.6 is 11.6 Å². The second-order valence-electron chi connectivity index (χ2n) is 3.90. The number of carbonyl (C=O) groups excluding carboxylic acids is 1. The lowest BCUT2D eigenvalue weighted by Crippen LogP contribution is -2.38. The highest BCUT2D eigenvalue weighted by Gasteiger charge is 2.20. The van der Waals surface area contributed by atoms with Crippen LogP contribution in [-0.2, 0) is 17.9 Å². The summed E-state index contributed by atoms with van der Waals surface area (Å²) in [7, 11) is 0. The molecule has 1 aliphatic rings. The monoisotopic (exact) mass is 242 g/mol. The number of rotatable bonds is 4. The Morgan fingerprint density at radius 3 is 3.12 bits per heavy atom. The van der Waals surface area contributed by atoms with Crippen LogP contribution < -0.4 is 0 Å². The van der Waals surface area contributed by atoms with Crippen LogP contribution in [-0.4, -0.2) is 38.0 Å². The fourth-order valence-electron chi connectivity index (χ4n) is 1.81. The zero-order chi connectivity index (χ0) is 11.4. The van der Waals surface area contributed by atoms with Crippen molar-refractivity contribution >= 4 is 17.5 Å². The molecule has 0 unspecified atom stereocenters. The number of hydrogen-bond donors (Lipinski definition) is 0. The van der Waals surface area contributed by atoms with Gasteiger partial charge in [-0.25, -0.2) is 0 Å². The lowest BCUT2D eigenvalue weighted by molar-refractivity contribution is -0.132. The third-order valence-corrected chi connectivity index (χ3v) is 3.03. The molecule has 0 fully saturated rings. The number of alkyl halides is 1. The minimum absolute atomic E-state index is 0.194. The van der Waals surface area contributed by atoms with Crippen LogP contribution in [0.5, 0.6) is 0 Å². The molecule has 0 atom stereocenters. The summed E-state index contributed by atoms with van der Waals surface area (Å²) < 4.78 is 1.99. The van der Waals surface area contributed by atoms with Crippen LogP contribution in [0, 0.1) is 0 Å². The Morgan fingerprint density at radius 2 is 2.31 bits per heavy atom. The van der Waals surface area contributed by atoms with Gasteiger partial charge in [0.05, 0.1) is 6.54 Å². The molecule has 0 bridgehead atoms. The molecule has 0 N–H and O–H groups in total. The van der Waals surface area contributed by atoms with Gasteiger partial charge in [-0.1, -0.05) is 0 Å². The fourth-order valence-corrected chi connectivity index (χ4v) is 2.00. The molecule has 1 aromatic heterocycles. The van der Waals surface area contributed by atoms with Crippen molar-refractivity contribution in [1.82, 2.24) is 19.7 Å². The third-order valence-electron chi connectivity index (χ3n) is 2.77. The second-order valence-corrected chi connectivity index (χ2v) is 4.28. The van der Waals surface area contributed by atoms with Crippen molar-refractivity contribution < 1.29 is 4.79 Å². The van der Waals surface area contributed by atoms with E-state index in [0.29, 0.717) is 18.8 Å². The first-order valence-electron chi connectivity index (χ1n) is 5.51. The lowest BCUT2D eigenvalue weighted by Gasteiger charge is -2.27. The van der Waals surface area contributed by atoms with Crippen molar-refractivity contribution in [1.29, 1.82) is 0 Å². The lowest BCUT2D eigenvalue weighted by atomic mass is 10.2. The number of amides is 1. The molecule has 5 nitrogen and oxygen atoms in total. The Hall–Kier alpha value is -1.10. The van der Waals surface area contributed by atoms with Gasteiger partial charge in [0.1, 0.15) is 6.33 Å². The standard InChI is InChI=1S/C10H15ClN4O/c11-4-2-1-3-10(16)14-5-6-15-8-12-13-9(15)7-14/h8H,1-7H2. The van der Waals surface area contributed by atoms with Crippen LogP contribution in [0.25, 0.3) is 0 Å². The Bertz CT molecular complexity index is 365. The van der Waals surface area contributed by atoms with E-state index >= 15 is 0 Å². The number of unbranched alkanes of at least 4 members (excludes halogenated alkanes) is 1. The first-order chi connectivity index (χ1) is 7.81. The van der Waals surface area contributed by atoms with Crippen LogP contribution in [0.3, 0.4) is 0 Å². The third kappa shape index (κ3) is 2.52. The second kappa shape index (κ2) is 5.30. The quantitative estimate of drug-likeness (QED) is 0.585. The maximum absolute atomic E-state index is 11.8. The SMILES string of the molecule is O=C(CCCCCl)N1CCn2cnnc2C1. The zero-order valence-electron chi connectivity index (χ0n) is 9.10. The summed E-state index contributed by atoms with van der Waals surface area (Å²) in [5.74, 6) is 1.69. The number of hydrogen-bond acceptors (Lipinski definition) is 3. The van der Waals surface area contributed by atoms with Gasteiger partial charge in [-0.2, -0.15) is 0 Å². The minimum atomic E-state index is 0.194. The van der Waals surface area contributed by atoms with Gasteiger partial charge in [0.25, 0.3) is 0 Å². The molecule has 16 heavy (non-hydrogen) atoms. The van der Waals surface area contributed by atoms with E-state index in [2.05, 4.69) is 10.2 Å². The van der Waals surface area contributed by atoms with E-state index < -0.39 is 0 Å². The maximum Gasteiger partial charge on any atom is 0.223 e. The molecular weight excluding hydrogens is 228 g/mol. The van der Waals surface area contributed by atoms with Crippen molar-refractivity contribution in [2.45, 2.75) is 32.4 Å². The van der Waals surface area contributed by atoms with Crippen LogP contribution in [0.1, 0.15) is 25.1 Å². The molecule has 1 amide bonds. The Kier molecular flexibility index (Phi) is 3.77. The topological polar surface area (TPSA) is 51.0 Å². The van der Waals surface area contributed by atoms with Crippen LogP contribution in [0.4, 0.5) is 0 Å². The predicted molar refractivity (Wildman–Crippen MR) is 60.0 cm³/mol. The number of fused-ring (bicyclic) bond motifs is 1. The number of nitrogens with zero attached hydrogens (tertiary/aromatic N) is 4. The van der Waals surface area contributed by atoms with Gasteiger partial charge in [-0.15, -0.1) is 21.8 Å². The predicted octanol–water partition coefficient (Wildman–Crippen LogP) is 1.03. The Labute approximate surface area is 99.4 Å². The highest BCUT2D eigenvalue weighted by atomic mass is 35.5. The summed E-state index contributed by atoms with van der Waals surface area (Å²) in [4.78, 5) is 13.7. The molecule has 6 heteroatoms. The molecule has 0 aliphatic carbocycles. The van der Waals surface area contributed by atoms with Crippen molar-refractivity contribution in [3.05, 3.63) is 12.2 Å². The summed E-state index contributed by atoms with van der Waals surface area (Å²) in [6.07, 6.45) is 4.06. The zero-order valence-corrected chi connectivity index (χ0v) is 9.86. The van der Waals surface area contributed by atoms with E-state index in [-0.39, 0.29) is 5.91 Å². The van der Waals surface area contributed by atoms with Gasteiger partial charge >= 0.3 is 0 Å². The van der Waals surface area contributed by atoms with E-state index in [1.165, 1.54) is 0 Å². The van der Waals surface area contributed by atoms with E-state index in [1.54, 1.807) is 6.33 Å². The molecule has 1 aromatic rings. The van der Waals surface area contributed by atoms with E-state index in [9.17, 15) is 4.79 Å². The first-order valence-corrected chi connectivity index (χ1v) is 6.05. The highest BCUT2D eigenvalue weighted by molar-refractivity contribution is 6.17. The smallest absolute Gasteiger partial charge is 0.223 e. The van der Waals surface area contributed by atoms with Gasteiger partial charge in [0, 0.05) is 25.4 Å². The molecule has 0 saturated carbocycles. The van der Waals surface area contributed by atoms with Gasteiger partial charge in [-0.3, -0.25) is 4.79 Å². The van der Waals surface area contributed by atoms with E-state index in [0.717, 1.165) is 31.8 Å². The summed E-state index contributed by atoms with van der Waals surface area (Å²) in [6, 6.07) is 0. The molecule has 0 spiro atoms. The summed E-state index contributed by atoms with van der Waals surface area (Å²) in [5, 5.41) is 7.81. The van der Waals surface area contributed by atoms with Crippen molar-refractivity contribution in [3.63, 3.8) is 0 Å². The number of halogens is 1. The molecule has 2 heterocycles. The Balaban J connectivity index is 1.86. The Morgan fingerprint density at radius 1 is 1.44 bits per heavy atom. The number of aromatic nitrogens is 3. The highest BCUT2D eigenvalue weighted by Crippen LogP contribution is 2.11. The van der Waals surface area contributed by atoms with Crippen LogP contribution in [0.15, 0.2) is 6.33 Å². The van der Waals surface area contributed by atoms with Crippen molar-refractivity contribution in [2.75, 3.05) is 12.4 Å². The number of carbonyl (C=O) groups is 1. The van der Waals surface area contributed by atoms with Gasteiger partial charge in [0.2, 0.25) is 5.91 Å². The van der Waals surface area contributed by atoms with E-state index in [1.807, 2.05) is 9.47 Å². The molecule has 1 aliphatic heterocycles. The van der Waals surface area contributed by atoms with Gasteiger partial charge < -0.3 is 9.47 Å². The van der Waals surface area contributed by atoms with Gasteiger partial charge in [-0.05, 0) is 12.8 Å². The summed E-state index contributed by atoms with van der Waals surface area (Å²) in [6.45, 7) is 2.13. The van der Waals surface area contributed by atoms with Crippen molar-refractivity contribution in [2.24, 2.45) is 0 Å². The molecular formula is C10H15ClN4O. The van der Waals surface area contributed by atoms with Gasteiger partial charge in [0.15, 0.2) is 5.82 Å². The molecule has 0 saturated heterocycles. The molecule has 0 aromatic carbocycles. The average Bonchev–Trinajstić information content (AvgIpc) is 2.76. The first kappa shape index (κ1) is 11.4. The van der Waals surface area contributed by atoms with Crippen LogP contribution in [0.2, 0.25) is 0 Å². The average molecular weight is 243 g/mol. The molecule has 2 rings (SSSR count). The normalized spacial score (nSPS) is 14.9. The van der Waals surface area contributed by atoms with E-state index in [4.69, 9.17) is 11.6 Å².